The molecule has 170 valence electrons. The number of ether oxygens (including phenoxy) is 1. The fraction of sp³-hybridized carbons (Fsp3) is 0.280. The fourth-order valence-corrected chi connectivity index (χ4v) is 3.76. The molecule has 1 aromatic heterocycles. The number of benzene rings is 2. The van der Waals surface area contributed by atoms with Crippen LogP contribution in [0.2, 0.25) is 0 Å². The molecule has 0 amide bonds. The minimum atomic E-state index is 0.199. The zero-order chi connectivity index (χ0) is 23.8. The normalized spacial score (nSPS) is 11.9. The van der Waals surface area contributed by atoms with E-state index >= 15 is 0 Å². The largest absolute Gasteiger partial charge is 0.496 e. The van der Waals surface area contributed by atoms with Gasteiger partial charge in [0.1, 0.15) is 12.9 Å². The number of halogens is 1. The first-order chi connectivity index (χ1) is 16.0. The van der Waals surface area contributed by atoms with Crippen molar-refractivity contribution in [1.29, 1.82) is 5.26 Å². The van der Waals surface area contributed by atoms with Crippen LogP contribution in [0.1, 0.15) is 52.4 Å². The van der Waals surface area contributed by atoms with Gasteiger partial charge in [-0.1, -0.05) is 35.0 Å². The molecule has 3 aromatic rings. The Morgan fingerprint density at radius 1 is 1.15 bits per heavy atom. The van der Waals surface area contributed by atoms with Crippen molar-refractivity contribution in [3.63, 3.8) is 0 Å². The van der Waals surface area contributed by atoms with Gasteiger partial charge in [-0.25, -0.2) is 0 Å². The van der Waals surface area contributed by atoms with Gasteiger partial charge in [-0.15, -0.1) is 10.2 Å². The molecule has 0 radical (unpaired) electrons. The summed E-state index contributed by atoms with van der Waals surface area (Å²) in [7, 11) is 3.04. The van der Waals surface area contributed by atoms with Crippen LogP contribution in [0.4, 0.5) is 0 Å². The second-order valence-electron chi connectivity index (χ2n) is 7.35. The van der Waals surface area contributed by atoms with Crippen LogP contribution in [-0.4, -0.2) is 29.6 Å². The average Bonchev–Trinajstić information content (AvgIpc) is 3.23. The van der Waals surface area contributed by atoms with Crippen molar-refractivity contribution in [1.82, 2.24) is 10.2 Å². The first kappa shape index (κ1) is 24.0. The minimum absolute atomic E-state index is 0.199. The molecule has 0 unspecified atom stereocenters. The van der Waals surface area contributed by atoms with Crippen molar-refractivity contribution in [2.24, 2.45) is 5.16 Å². The maximum Gasteiger partial charge on any atom is 0.216 e. The number of aromatic nitrogens is 2. The molecule has 2 aromatic carbocycles. The van der Waals surface area contributed by atoms with E-state index in [4.69, 9.17) is 25.6 Å². The van der Waals surface area contributed by atoms with Gasteiger partial charge in [0.05, 0.1) is 24.3 Å². The van der Waals surface area contributed by atoms with Crippen molar-refractivity contribution in [3.8, 4) is 11.8 Å². The Balaban J connectivity index is 2.00. The number of oxime groups is 1. The third kappa shape index (κ3) is 5.99. The number of allylic oxidation sites excluding steroid dienone is 1. The molecule has 0 aliphatic rings. The molecule has 0 saturated carbocycles. The highest BCUT2D eigenvalue weighted by molar-refractivity contribution is 6.69. The molecule has 0 N–H and O–H groups in total. The summed E-state index contributed by atoms with van der Waals surface area (Å²) in [6, 6.07) is 13.6. The van der Waals surface area contributed by atoms with Crippen molar-refractivity contribution < 1.29 is 14.0 Å². The fourth-order valence-electron chi connectivity index (χ4n) is 3.55. The van der Waals surface area contributed by atoms with E-state index in [0.717, 1.165) is 35.1 Å². The van der Waals surface area contributed by atoms with Crippen LogP contribution in [0.5, 0.6) is 5.75 Å². The summed E-state index contributed by atoms with van der Waals surface area (Å²) in [5.41, 5.74) is 5.10. The van der Waals surface area contributed by atoms with Gasteiger partial charge >= 0.3 is 0 Å². The highest BCUT2D eigenvalue weighted by Gasteiger charge is 2.16. The molecule has 0 spiro atoms. The smallest absolute Gasteiger partial charge is 0.216 e. The van der Waals surface area contributed by atoms with E-state index in [0.29, 0.717) is 35.1 Å². The monoisotopic (exact) mass is 464 g/mol. The molecular weight excluding hydrogens is 440 g/mol. The van der Waals surface area contributed by atoms with Crippen LogP contribution in [0.25, 0.3) is 5.57 Å². The number of rotatable bonds is 9. The third-order valence-corrected chi connectivity index (χ3v) is 5.29. The van der Waals surface area contributed by atoms with Gasteiger partial charge < -0.3 is 14.0 Å². The summed E-state index contributed by atoms with van der Waals surface area (Å²) in [4.78, 5) is 4.87. The Kier molecular flexibility index (Phi) is 8.22. The van der Waals surface area contributed by atoms with E-state index in [1.165, 1.54) is 7.11 Å². The molecule has 0 aliphatic heterocycles. The van der Waals surface area contributed by atoms with Gasteiger partial charge in [0.2, 0.25) is 11.8 Å². The number of hydrogen-bond donors (Lipinski definition) is 0. The molecule has 8 heteroatoms. The van der Waals surface area contributed by atoms with Gasteiger partial charge in [-0.05, 0) is 66.3 Å². The van der Waals surface area contributed by atoms with Crippen molar-refractivity contribution >= 4 is 22.3 Å². The van der Waals surface area contributed by atoms with Crippen LogP contribution in [-0.2, 0) is 11.3 Å². The molecule has 0 bridgehead atoms. The standard InChI is InChI=1S/C25H25ClN4O3/c1-16-13-20(14-22(24(16)31-3)25(26)30-32-4)21(19-11-9-18(15-27)10-12-19)7-5-6-8-23-29-28-17(2)33-23/h7,9-14H,5-6,8H2,1-4H3/b21-7-,30-25?. The number of hydrogen-bond acceptors (Lipinski definition) is 7. The van der Waals surface area contributed by atoms with E-state index in [9.17, 15) is 5.26 Å². The van der Waals surface area contributed by atoms with Gasteiger partial charge in [0, 0.05) is 13.3 Å². The molecule has 0 fully saturated rings. The van der Waals surface area contributed by atoms with Crippen molar-refractivity contribution in [3.05, 3.63) is 82.1 Å². The summed E-state index contributed by atoms with van der Waals surface area (Å²) < 4.78 is 11.0. The van der Waals surface area contributed by atoms with Crippen molar-refractivity contribution in [2.75, 3.05) is 14.2 Å². The van der Waals surface area contributed by atoms with Crippen LogP contribution in [0.3, 0.4) is 0 Å². The zero-order valence-corrected chi connectivity index (χ0v) is 19.8. The summed E-state index contributed by atoms with van der Waals surface area (Å²) in [5.74, 6) is 1.83. The highest BCUT2D eigenvalue weighted by atomic mass is 35.5. The SMILES string of the molecule is CON=C(Cl)c1cc(/C(=C\CCCc2nnc(C)o2)c2ccc(C#N)cc2)cc(C)c1OC. The van der Waals surface area contributed by atoms with E-state index in [1.54, 1.807) is 26.2 Å². The predicted octanol–water partition coefficient (Wildman–Crippen LogP) is 5.57. The molecule has 3 rings (SSSR count). The van der Waals surface area contributed by atoms with E-state index < -0.39 is 0 Å². The molecule has 1 heterocycles. The summed E-state index contributed by atoms with van der Waals surface area (Å²) in [6.45, 7) is 3.73. The first-order valence-electron chi connectivity index (χ1n) is 10.4. The lowest BCUT2D eigenvalue weighted by atomic mass is 9.92. The molecule has 33 heavy (non-hydrogen) atoms. The predicted molar refractivity (Wildman–Crippen MR) is 127 cm³/mol. The van der Waals surface area contributed by atoms with Crippen LogP contribution in [0.15, 0.2) is 52.0 Å². The Bertz CT molecular complexity index is 1210. The lowest BCUT2D eigenvalue weighted by molar-refractivity contribution is 0.214. The summed E-state index contributed by atoms with van der Waals surface area (Å²) in [5, 5.41) is 21.2. The summed E-state index contributed by atoms with van der Waals surface area (Å²) in [6.07, 6.45) is 4.49. The molecule has 0 saturated heterocycles. The van der Waals surface area contributed by atoms with E-state index in [1.807, 2.05) is 31.2 Å². The lowest BCUT2D eigenvalue weighted by Gasteiger charge is -2.16. The number of nitriles is 1. The van der Waals surface area contributed by atoms with Gasteiger partial charge in [0.25, 0.3) is 0 Å². The minimum Gasteiger partial charge on any atom is -0.496 e. The quantitative estimate of drug-likeness (QED) is 0.233. The lowest BCUT2D eigenvalue weighted by Crippen LogP contribution is -2.02. The van der Waals surface area contributed by atoms with Crippen LogP contribution >= 0.6 is 11.6 Å². The number of aryl methyl sites for hydroxylation is 3. The van der Waals surface area contributed by atoms with Gasteiger partial charge in [-0.2, -0.15) is 5.26 Å². The topological polar surface area (TPSA) is 93.5 Å². The van der Waals surface area contributed by atoms with Crippen LogP contribution in [0, 0.1) is 25.2 Å². The van der Waals surface area contributed by atoms with Gasteiger partial charge in [0.15, 0.2) is 5.17 Å². The third-order valence-electron chi connectivity index (χ3n) is 5.02. The highest BCUT2D eigenvalue weighted by Crippen LogP contribution is 2.33. The second kappa shape index (κ2) is 11.3. The number of methoxy groups -OCH3 is 1. The van der Waals surface area contributed by atoms with Gasteiger partial charge in [-0.3, -0.25) is 0 Å². The molecule has 7 nitrogen and oxygen atoms in total. The Morgan fingerprint density at radius 2 is 1.91 bits per heavy atom. The summed E-state index contributed by atoms with van der Waals surface area (Å²) >= 11 is 6.39. The number of unbranched alkanes of at least 4 members (excludes halogenated alkanes) is 1. The van der Waals surface area contributed by atoms with E-state index in [2.05, 4.69) is 27.5 Å². The Labute approximate surface area is 198 Å². The Morgan fingerprint density at radius 3 is 2.52 bits per heavy atom. The van der Waals surface area contributed by atoms with Crippen molar-refractivity contribution in [2.45, 2.75) is 33.1 Å². The maximum atomic E-state index is 9.17. The zero-order valence-electron chi connectivity index (χ0n) is 19.1. The molecule has 0 atom stereocenters. The maximum absolute atomic E-state index is 9.17. The molecular formula is C25H25ClN4O3. The second-order valence-corrected chi connectivity index (χ2v) is 7.71. The average molecular weight is 465 g/mol. The Hall–Kier alpha value is -3.63. The first-order valence-corrected chi connectivity index (χ1v) is 10.8. The molecule has 0 aliphatic carbocycles. The van der Waals surface area contributed by atoms with Crippen LogP contribution < -0.4 is 4.74 Å². The van der Waals surface area contributed by atoms with E-state index in [-0.39, 0.29) is 5.17 Å². The number of nitrogens with zero attached hydrogens (tertiary/aromatic N) is 4.